The fourth-order valence-electron chi connectivity index (χ4n) is 2.83. The number of hydrogen-bond donors (Lipinski definition) is 0. The molecule has 0 saturated heterocycles. The first-order chi connectivity index (χ1) is 15.0. The molecule has 0 heterocycles. The molecule has 7 nitrogen and oxygen atoms in total. The zero-order valence-electron chi connectivity index (χ0n) is 17.2. The van der Waals surface area contributed by atoms with Crippen LogP contribution < -0.4 is 18.5 Å². The van der Waals surface area contributed by atoms with E-state index in [1.807, 2.05) is 6.92 Å². The molecule has 31 heavy (non-hydrogen) atoms. The minimum absolute atomic E-state index is 0.000218. The highest BCUT2D eigenvalue weighted by atomic mass is 32.2. The standard InChI is InChI=1S/C23H23NO6S/c1-3-29-20-13-15-21(16-14-20)30-17-23(25)24(18-9-11-19(28-2)12-10-18)31(26,27)22-7-5-4-6-8-22/h4-16H,3,17H2,1-2H3. The summed E-state index contributed by atoms with van der Waals surface area (Å²) in [4.78, 5) is 13.0. The third-order valence-electron chi connectivity index (χ3n) is 4.31. The first kappa shape index (κ1) is 22.2. The predicted octanol–water partition coefficient (Wildman–Crippen LogP) is 3.89. The first-order valence-corrected chi connectivity index (χ1v) is 11.0. The molecule has 0 saturated carbocycles. The summed E-state index contributed by atoms with van der Waals surface area (Å²) in [6, 6.07) is 20.7. The number of nitrogens with zero attached hydrogens (tertiary/aromatic N) is 1. The van der Waals surface area contributed by atoms with Gasteiger partial charge in [0, 0.05) is 0 Å². The summed E-state index contributed by atoms with van der Waals surface area (Å²) in [5.74, 6) is 0.901. The van der Waals surface area contributed by atoms with Crippen molar-refractivity contribution in [3.63, 3.8) is 0 Å². The van der Waals surface area contributed by atoms with Crippen LogP contribution in [0.5, 0.6) is 17.2 Å². The SMILES string of the molecule is CCOc1ccc(OCC(=O)N(c2ccc(OC)cc2)S(=O)(=O)c2ccccc2)cc1. The Morgan fingerprint density at radius 1 is 0.806 bits per heavy atom. The van der Waals surface area contributed by atoms with E-state index in [9.17, 15) is 13.2 Å². The summed E-state index contributed by atoms with van der Waals surface area (Å²) in [6.07, 6.45) is 0. The topological polar surface area (TPSA) is 82.1 Å². The molecule has 0 radical (unpaired) electrons. The van der Waals surface area contributed by atoms with Gasteiger partial charge in [-0.3, -0.25) is 4.79 Å². The normalized spacial score (nSPS) is 10.9. The Morgan fingerprint density at radius 2 is 1.35 bits per heavy atom. The smallest absolute Gasteiger partial charge is 0.278 e. The molecule has 3 aromatic carbocycles. The summed E-state index contributed by atoms with van der Waals surface area (Å²) < 4.78 is 43.3. The van der Waals surface area contributed by atoms with Crippen molar-refractivity contribution in [2.45, 2.75) is 11.8 Å². The molecule has 0 bridgehead atoms. The molecular formula is C23H23NO6S. The highest BCUT2D eigenvalue weighted by Gasteiger charge is 2.31. The molecule has 0 aromatic heterocycles. The fourth-order valence-corrected chi connectivity index (χ4v) is 4.27. The largest absolute Gasteiger partial charge is 0.497 e. The second-order valence-corrected chi connectivity index (χ2v) is 8.15. The van der Waals surface area contributed by atoms with Crippen LogP contribution in [0, 0.1) is 0 Å². The molecule has 0 aliphatic heterocycles. The zero-order chi connectivity index (χ0) is 22.3. The Bertz CT molecular complexity index is 1100. The molecule has 0 spiro atoms. The van der Waals surface area contributed by atoms with Crippen molar-refractivity contribution >= 4 is 21.6 Å². The van der Waals surface area contributed by atoms with E-state index in [0.29, 0.717) is 23.9 Å². The van der Waals surface area contributed by atoms with Crippen LogP contribution >= 0.6 is 0 Å². The Hall–Kier alpha value is -3.52. The van der Waals surface area contributed by atoms with Crippen LogP contribution in [-0.2, 0) is 14.8 Å². The Balaban J connectivity index is 1.87. The molecule has 162 valence electrons. The van der Waals surface area contributed by atoms with Crippen LogP contribution in [0.1, 0.15) is 6.92 Å². The van der Waals surface area contributed by atoms with Gasteiger partial charge in [0.1, 0.15) is 17.2 Å². The van der Waals surface area contributed by atoms with Gasteiger partial charge >= 0.3 is 0 Å². The number of sulfonamides is 1. The van der Waals surface area contributed by atoms with Crippen LogP contribution in [-0.4, -0.2) is 34.6 Å². The van der Waals surface area contributed by atoms with E-state index in [2.05, 4.69) is 0 Å². The number of benzene rings is 3. The number of carbonyl (C=O) groups is 1. The monoisotopic (exact) mass is 441 g/mol. The lowest BCUT2D eigenvalue weighted by atomic mass is 10.3. The maximum Gasteiger partial charge on any atom is 0.278 e. The van der Waals surface area contributed by atoms with E-state index in [0.717, 1.165) is 4.31 Å². The number of ether oxygens (including phenoxy) is 3. The van der Waals surface area contributed by atoms with Gasteiger partial charge in [0.25, 0.3) is 15.9 Å². The predicted molar refractivity (Wildman–Crippen MR) is 117 cm³/mol. The lowest BCUT2D eigenvalue weighted by Gasteiger charge is -2.23. The van der Waals surface area contributed by atoms with Crippen molar-refractivity contribution in [3.05, 3.63) is 78.9 Å². The van der Waals surface area contributed by atoms with Gasteiger partial charge in [-0.25, -0.2) is 8.42 Å². The van der Waals surface area contributed by atoms with Crippen molar-refractivity contribution < 1.29 is 27.4 Å². The lowest BCUT2D eigenvalue weighted by Crippen LogP contribution is -2.40. The van der Waals surface area contributed by atoms with Gasteiger partial charge in [-0.2, -0.15) is 4.31 Å². The maximum atomic E-state index is 13.3. The Morgan fingerprint density at radius 3 is 1.90 bits per heavy atom. The van der Waals surface area contributed by atoms with Crippen LogP contribution in [0.2, 0.25) is 0 Å². The molecule has 0 aliphatic carbocycles. The fraction of sp³-hybridized carbons (Fsp3) is 0.174. The molecule has 0 N–H and O–H groups in total. The molecule has 0 aliphatic rings. The first-order valence-electron chi connectivity index (χ1n) is 9.58. The summed E-state index contributed by atoms with van der Waals surface area (Å²) in [5, 5.41) is 0. The van der Waals surface area contributed by atoms with Crippen LogP contribution in [0.4, 0.5) is 5.69 Å². The van der Waals surface area contributed by atoms with Gasteiger partial charge in [0.15, 0.2) is 6.61 Å². The molecule has 1 amide bonds. The summed E-state index contributed by atoms with van der Waals surface area (Å²) in [5.41, 5.74) is 0.185. The minimum Gasteiger partial charge on any atom is -0.497 e. The van der Waals surface area contributed by atoms with E-state index < -0.39 is 22.5 Å². The zero-order valence-corrected chi connectivity index (χ0v) is 18.0. The van der Waals surface area contributed by atoms with Crippen molar-refractivity contribution in [2.75, 3.05) is 24.6 Å². The number of amides is 1. The van der Waals surface area contributed by atoms with Crippen LogP contribution in [0.25, 0.3) is 0 Å². The van der Waals surface area contributed by atoms with E-state index in [1.54, 1.807) is 54.6 Å². The molecule has 8 heteroatoms. The molecule has 3 aromatic rings. The third kappa shape index (κ3) is 5.35. The van der Waals surface area contributed by atoms with Crippen LogP contribution in [0.3, 0.4) is 0 Å². The van der Waals surface area contributed by atoms with Gasteiger partial charge in [-0.05, 0) is 67.6 Å². The summed E-state index contributed by atoms with van der Waals surface area (Å²) >= 11 is 0. The average Bonchev–Trinajstić information content (AvgIpc) is 2.80. The molecule has 0 atom stereocenters. The van der Waals surface area contributed by atoms with E-state index >= 15 is 0 Å². The van der Waals surface area contributed by atoms with Gasteiger partial charge in [-0.1, -0.05) is 18.2 Å². The number of methoxy groups -OCH3 is 1. The van der Waals surface area contributed by atoms with Gasteiger partial charge in [0.05, 0.1) is 24.3 Å². The lowest BCUT2D eigenvalue weighted by molar-refractivity contribution is -0.119. The number of carbonyl (C=O) groups excluding carboxylic acids is 1. The Kier molecular flexibility index (Phi) is 7.15. The summed E-state index contributed by atoms with van der Waals surface area (Å²) in [6.45, 7) is 1.95. The second kappa shape index (κ2) is 9.99. The average molecular weight is 442 g/mol. The molecule has 3 rings (SSSR count). The van der Waals surface area contributed by atoms with Crippen molar-refractivity contribution in [1.82, 2.24) is 0 Å². The van der Waals surface area contributed by atoms with Gasteiger partial charge in [0.2, 0.25) is 0 Å². The van der Waals surface area contributed by atoms with Crippen LogP contribution in [0.15, 0.2) is 83.8 Å². The van der Waals surface area contributed by atoms with E-state index in [1.165, 1.54) is 31.4 Å². The number of rotatable bonds is 9. The number of hydrogen-bond acceptors (Lipinski definition) is 6. The second-order valence-electron chi connectivity index (χ2n) is 6.37. The maximum absolute atomic E-state index is 13.3. The van der Waals surface area contributed by atoms with Crippen molar-refractivity contribution in [1.29, 1.82) is 0 Å². The van der Waals surface area contributed by atoms with Gasteiger partial charge in [-0.15, -0.1) is 0 Å². The highest BCUT2D eigenvalue weighted by Crippen LogP contribution is 2.26. The highest BCUT2D eigenvalue weighted by molar-refractivity contribution is 7.93. The molecular weight excluding hydrogens is 418 g/mol. The van der Waals surface area contributed by atoms with E-state index in [-0.39, 0.29) is 10.6 Å². The minimum atomic E-state index is -4.15. The van der Waals surface area contributed by atoms with Crippen molar-refractivity contribution in [2.24, 2.45) is 0 Å². The number of anilines is 1. The van der Waals surface area contributed by atoms with E-state index in [4.69, 9.17) is 14.2 Å². The summed E-state index contributed by atoms with van der Waals surface area (Å²) in [7, 11) is -2.65. The third-order valence-corrected chi connectivity index (χ3v) is 6.07. The van der Waals surface area contributed by atoms with Gasteiger partial charge < -0.3 is 14.2 Å². The quantitative estimate of drug-likeness (QED) is 0.501. The van der Waals surface area contributed by atoms with Crippen molar-refractivity contribution in [3.8, 4) is 17.2 Å². The Labute approximate surface area is 181 Å². The molecule has 0 fully saturated rings. The molecule has 0 unspecified atom stereocenters.